The molecule has 3 nitrogen and oxygen atoms in total. The average molecular weight is 446 g/mol. The van der Waals surface area contributed by atoms with Gasteiger partial charge in [-0.05, 0) is 42.0 Å². The van der Waals surface area contributed by atoms with Gasteiger partial charge in [0, 0.05) is 43.0 Å². The molecule has 170 valence electrons. The van der Waals surface area contributed by atoms with Gasteiger partial charge in [0.05, 0.1) is 12.2 Å². The van der Waals surface area contributed by atoms with E-state index >= 15 is 0 Å². The van der Waals surface area contributed by atoms with Gasteiger partial charge in [0.1, 0.15) is 11.6 Å². The van der Waals surface area contributed by atoms with Crippen LogP contribution in [0.25, 0.3) is 0 Å². The van der Waals surface area contributed by atoms with Crippen LogP contribution in [0.5, 0.6) is 5.75 Å². The fourth-order valence-electron chi connectivity index (χ4n) is 3.45. The Morgan fingerprint density at radius 3 is 2.25 bits per heavy atom. The zero-order chi connectivity index (χ0) is 23.2. The molecule has 0 aliphatic heterocycles. The first kappa shape index (κ1) is 23.7. The van der Waals surface area contributed by atoms with Crippen LogP contribution in [0.15, 0.2) is 73.1 Å². The first-order valence-corrected chi connectivity index (χ1v) is 10.3. The number of alkyl halides is 3. The number of nitrogens with zero attached hydrogens (tertiary/aromatic N) is 2. The predicted octanol–water partition coefficient (Wildman–Crippen LogP) is 6.35. The second-order valence-electron chi connectivity index (χ2n) is 8.57. The van der Waals surface area contributed by atoms with Crippen molar-refractivity contribution in [2.45, 2.75) is 33.1 Å². The van der Waals surface area contributed by atoms with Crippen molar-refractivity contribution in [3.63, 3.8) is 0 Å². The molecule has 32 heavy (non-hydrogen) atoms. The van der Waals surface area contributed by atoms with Crippen LogP contribution in [0.2, 0.25) is 0 Å². The van der Waals surface area contributed by atoms with E-state index < -0.39 is 11.7 Å². The molecule has 1 aromatic heterocycles. The lowest BCUT2D eigenvalue weighted by Crippen LogP contribution is -2.37. The van der Waals surface area contributed by atoms with E-state index in [0.29, 0.717) is 37.6 Å². The summed E-state index contributed by atoms with van der Waals surface area (Å²) >= 11 is 0. The van der Waals surface area contributed by atoms with E-state index in [-0.39, 0.29) is 11.2 Å². The quantitative estimate of drug-likeness (QED) is 0.358. The van der Waals surface area contributed by atoms with E-state index in [2.05, 4.69) is 9.88 Å². The third-order valence-electron chi connectivity index (χ3n) is 4.94. The van der Waals surface area contributed by atoms with Gasteiger partial charge in [-0.15, -0.1) is 0 Å². The highest BCUT2D eigenvalue weighted by Crippen LogP contribution is 2.31. The fourth-order valence-corrected chi connectivity index (χ4v) is 3.45. The van der Waals surface area contributed by atoms with Gasteiger partial charge in [-0.2, -0.15) is 13.2 Å². The SMILES string of the molecule is CC(C)(COc1ccc(C(F)(F)F)cc1)CN(Cc1cccnc1)Cc1ccccc1F. The molecule has 3 rings (SSSR count). The van der Waals surface area contributed by atoms with Gasteiger partial charge in [-0.1, -0.05) is 38.1 Å². The molecule has 7 heteroatoms. The van der Waals surface area contributed by atoms with Crippen molar-refractivity contribution in [3.05, 3.63) is 95.6 Å². The molecule has 0 spiro atoms. The Labute approximate surface area is 185 Å². The Hall–Kier alpha value is -2.93. The molecular formula is C25H26F4N2O. The minimum atomic E-state index is -4.38. The van der Waals surface area contributed by atoms with Gasteiger partial charge >= 0.3 is 6.18 Å². The number of pyridine rings is 1. The second-order valence-corrected chi connectivity index (χ2v) is 8.57. The standard InChI is InChI=1S/C25H26F4N2O/c1-24(2,18-32-22-11-9-21(10-12-22)25(27,28)29)17-31(15-19-6-5-13-30-14-19)16-20-7-3-4-8-23(20)26/h3-14H,15-18H2,1-2H3. The molecule has 2 aromatic carbocycles. The van der Waals surface area contributed by atoms with Crippen LogP contribution in [0.1, 0.15) is 30.5 Å². The molecule has 1 heterocycles. The van der Waals surface area contributed by atoms with Gasteiger partial charge < -0.3 is 4.74 Å². The van der Waals surface area contributed by atoms with E-state index in [0.717, 1.165) is 17.7 Å². The van der Waals surface area contributed by atoms with Gasteiger partial charge in [0.25, 0.3) is 0 Å². The highest BCUT2D eigenvalue weighted by Gasteiger charge is 2.30. The number of hydrogen-bond donors (Lipinski definition) is 0. The third-order valence-corrected chi connectivity index (χ3v) is 4.94. The molecule has 0 saturated heterocycles. The van der Waals surface area contributed by atoms with E-state index in [4.69, 9.17) is 4.74 Å². The topological polar surface area (TPSA) is 25.4 Å². The fraction of sp³-hybridized carbons (Fsp3) is 0.320. The monoisotopic (exact) mass is 446 g/mol. The van der Waals surface area contributed by atoms with Crippen molar-refractivity contribution in [1.82, 2.24) is 9.88 Å². The smallest absolute Gasteiger partial charge is 0.416 e. The number of aromatic nitrogens is 1. The minimum Gasteiger partial charge on any atom is -0.493 e. The van der Waals surface area contributed by atoms with E-state index in [1.54, 1.807) is 30.6 Å². The van der Waals surface area contributed by atoms with Crippen LogP contribution in [-0.4, -0.2) is 23.0 Å². The Bertz CT molecular complexity index is 989. The van der Waals surface area contributed by atoms with Crippen molar-refractivity contribution < 1.29 is 22.3 Å². The summed E-state index contributed by atoms with van der Waals surface area (Å²) < 4.78 is 58.3. The zero-order valence-electron chi connectivity index (χ0n) is 18.1. The predicted molar refractivity (Wildman–Crippen MR) is 115 cm³/mol. The maximum Gasteiger partial charge on any atom is 0.416 e. The van der Waals surface area contributed by atoms with Gasteiger partial charge in [0.2, 0.25) is 0 Å². The normalized spacial score (nSPS) is 12.2. The summed E-state index contributed by atoms with van der Waals surface area (Å²) in [6, 6.07) is 15.2. The van der Waals surface area contributed by atoms with Crippen molar-refractivity contribution >= 4 is 0 Å². The lowest BCUT2D eigenvalue weighted by Gasteiger charge is -2.33. The Kier molecular flexibility index (Phi) is 7.51. The third kappa shape index (κ3) is 7.05. The zero-order valence-corrected chi connectivity index (χ0v) is 18.1. The Morgan fingerprint density at radius 1 is 0.906 bits per heavy atom. The van der Waals surface area contributed by atoms with Gasteiger partial charge in [0.15, 0.2) is 0 Å². The lowest BCUT2D eigenvalue weighted by atomic mass is 9.93. The van der Waals surface area contributed by atoms with E-state index in [9.17, 15) is 17.6 Å². The number of rotatable bonds is 9. The summed E-state index contributed by atoms with van der Waals surface area (Å²) in [7, 11) is 0. The molecular weight excluding hydrogens is 420 g/mol. The summed E-state index contributed by atoms with van der Waals surface area (Å²) in [6.45, 7) is 5.87. The Balaban J connectivity index is 1.68. The van der Waals surface area contributed by atoms with Crippen LogP contribution in [0.3, 0.4) is 0 Å². The molecule has 0 amide bonds. The van der Waals surface area contributed by atoms with E-state index in [1.807, 2.05) is 26.0 Å². The molecule has 3 aromatic rings. The van der Waals surface area contributed by atoms with Crippen LogP contribution >= 0.6 is 0 Å². The Morgan fingerprint density at radius 2 is 1.62 bits per heavy atom. The maximum atomic E-state index is 14.3. The molecule has 0 saturated carbocycles. The number of hydrogen-bond acceptors (Lipinski definition) is 3. The van der Waals surface area contributed by atoms with Crippen molar-refractivity contribution in [3.8, 4) is 5.75 Å². The largest absolute Gasteiger partial charge is 0.493 e. The molecule has 0 aliphatic rings. The maximum absolute atomic E-state index is 14.3. The highest BCUT2D eigenvalue weighted by atomic mass is 19.4. The first-order valence-electron chi connectivity index (χ1n) is 10.3. The number of benzene rings is 2. The van der Waals surface area contributed by atoms with E-state index in [1.165, 1.54) is 18.2 Å². The molecule has 0 fully saturated rings. The molecule has 0 unspecified atom stereocenters. The first-order chi connectivity index (χ1) is 15.1. The second kappa shape index (κ2) is 10.1. The summed E-state index contributed by atoms with van der Waals surface area (Å²) in [4.78, 5) is 6.27. The molecule has 0 aliphatic carbocycles. The van der Waals surface area contributed by atoms with Gasteiger partial charge in [-0.25, -0.2) is 4.39 Å². The molecule has 0 bridgehead atoms. The summed E-state index contributed by atoms with van der Waals surface area (Å²) in [5.74, 6) is 0.112. The van der Waals surface area contributed by atoms with Crippen LogP contribution in [0, 0.1) is 11.2 Å². The number of ether oxygens (including phenoxy) is 1. The van der Waals surface area contributed by atoms with Crippen molar-refractivity contribution in [2.75, 3.05) is 13.2 Å². The van der Waals surface area contributed by atoms with Crippen LogP contribution < -0.4 is 4.74 Å². The summed E-state index contributed by atoms with van der Waals surface area (Å²) in [6.07, 6.45) is -0.899. The molecule has 0 radical (unpaired) electrons. The molecule has 0 N–H and O–H groups in total. The minimum absolute atomic E-state index is 0.262. The average Bonchev–Trinajstić information content (AvgIpc) is 2.74. The van der Waals surface area contributed by atoms with Gasteiger partial charge in [-0.3, -0.25) is 9.88 Å². The highest BCUT2D eigenvalue weighted by molar-refractivity contribution is 5.29. The molecule has 0 atom stereocenters. The summed E-state index contributed by atoms with van der Waals surface area (Å²) in [5.41, 5.74) is 0.534. The van der Waals surface area contributed by atoms with Crippen LogP contribution in [-0.2, 0) is 19.3 Å². The lowest BCUT2D eigenvalue weighted by molar-refractivity contribution is -0.137. The van der Waals surface area contributed by atoms with Crippen molar-refractivity contribution in [2.24, 2.45) is 5.41 Å². The van der Waals surface area contributed by atoms with Crippen molar-refractivity contribution in [1.29, 1.82) is 0 Å². The number of halogens is 4. The van der Waals surface area contributed by atoms with Crippen LogP contribution in [0.4, 0.5) is 17.6 Å². The summed E-state index contributed by atoms with van der Waals surface area (Å²) in [5, 5.41) is 0.